The van der Waals surface area contributed by atoms with Crippen molar-refractivity contribution in [2.24, 2.45) is 0 Å². The van der Waals surface area contributed by atoms with E-state index in [0.717, 1.165) is 6.42 Å². The summed E-state index contributed by atoms with van der Waals surface area (Å²) < 4.78 is 0. The predicted octanol–water partition coefficient (Wildman–Crippen LogP) is 2.61. The van der Waals surface area contributed by atoms with E-state index >= 15 is 0 Å². The maximum atomic E-state index is 12.8. The molecule has 0 spiro atoms. The van der Waals surface area contributed by atoms with Crippen molar-refractivity contribution in [3.8, 4) is 5.75 Å². The third-order valence-corrected chi connectivity index (χ3v) is 5.06. The lowest BCUT2D eigenvalue weighted by molar-refractivity contribution is -0.141. The minimum atomic E-state index is -0.446. The van der Waals surface area contributed by atoms with E-state index in [1.54, 1.807) is 53.7 Å². The first-order valence-corrected chi connectivity index (χ1v) is 9.18. The fourth-order valence-corrected chi connectivity index (χ4v) is 3.84. The highest BCUT2D eigenvalue weighted by Gasteiger charge is 2.36. The average molecular weight is 348 g/mol. The highest BCUT2D eigenvalue weighted by Crippen LogP contribution is 2.25. The number of likely N-dealkylation sites (N-methyl/N-ethyl adjacent to an activating group) is 1. The molecule has 0 unspecified atom stereocenters. The Bertz CT molecular complexity index is 645. The summed E-state index contributed by atoms with van der Waals surface area (Å²) in [7, 11) is 1.70. The van der Waals surface area contributed by atoms with E-state index in [0.29, 0.717) is 29.3 Å². The number of thioether (sulfide) groups is 1. The maximum absolute atomic E-state index is 12.8. The molecule has 130 valence electrons. The van der Waals surface area contributed by atoms with Gasteiger partial charge in [-0.1, -0.05) is 31.2 Å². The lowest BCUT2D eigenvalue weighted by Crippen LogP contribution is -2.47. The summed E-state index contributed by atoms with van der Waals surface area (Å²) in [6.45, 7) is 4.10. The van der Waals surface area contributed by atoms with Crippen LogP contribution in [0.2, 0.25) is 0 Å². The van der Waals surface area contributed by atoms with E-state index in [1.165, 1.54) is 0 Å². The molecule has 0 radical (unpaired) electrons. The van der Waals surface area contributed by atoms with Gasteiger partial charge in [0.15, 0.2) is 0 Å². The molecule has 1 heterocycles. The number of amides is 2. The second-order valence-electron chi connectivity index (χ2n) is 5.91. The topological polar surface area (TPSA) is 60.9 Å². The van der Waals surface area contributed by atoms with Gasteiger partial charge in [-0.25, -0.2) is 0 Å². The standard InChI is InChI=1S/C18H24N2O3S/c1-4-7-13(2)17(22)20-12-24-11-15(20)18(23)19(3)10-14-8-5-6-9-16(14)21/h5-9,15,21H,4,10-12H2,1-3H3/b13-7+/t15-/m0/s1. The number of carbonyl (C=O) groups excluding carboxylic acids is 2. The van der Waals surface area contributed by atoms with E-state index in [4.69, 9.17) is 0 Å². The van der Waals surface area contributed by atoms with Crippen molar-refractivity contribution in [1.29, 1.82) is 0 Å². The average Bonchev–Trinajstić information content (AvgIpc) is 3.05. The minimum Gasteiger partial charge on any atom is -0.508 e. The van der Waals surface area contributed by atoms with Gasteiger partial charge in [-0.15, -0.1) is 11.8 Å². The van der Waals surface area contributed by atoms with Gasteiger partial charge in [0.05, 0.1) is 5.88 Å². The van der Waals surface area contributed by atoms with Crippen LogP contribution in [0.3, 0.4) is 0 Å². The lowest BCUT2D eigenvalue weighted by atomic mass is 10.1. The third kappa shape index (κ3) is 4.12. The fraction of sp³-hybridized carbons (Fsp3) is 0.444. The summed E-state index contributed by atoms with van der Waals surface area (Å²) in [5.41, 5.74) is 1.38. The van der Waals surface area contributed by atoms with Crippen molar-refractivity contribution in [3.05, 3.63) is 41.5 Å². The number of aromatic hydroxyl groups is 1. The van der Waals surface area contributed by atoms with Crippen molar-refractivity contribution < 1.29 is 14.7 Å². The molecule has 0 aliphatic carbocycles. The number of phenols is 1. The van der Waals surface area contributed by atoms with Crippen LogP contribution in [0.15, 0.2) is 35.9 Å². The number of carbonyl (C=O) groups is 2. The summed E-state index contributed by atoms with van der Waals surface area (Å²) in [5.74, 6) is 1.15. The summed E-state index contributed by atoms with van der Waals surface area (Å²) in [6, 6.07) is 6.52. The van der Waals surface area contributed by atoms with Gasteiger partial charge >= 0.3 is 0 Å². The van der Waals surface area contributed by atoms with E-state index in [1.807, 2.05) is 19.1 Å². The molecule has 1 N–H and O–H groups in total. The van der Waals surface area contributed by atoms with Gasteiger partial charge in [0.1, 0.15) is 11.8 Å². The molecular weight excluding hydrogens is 324 g/mol. The molecule has 2 amide bonds. The first-order valence-electron chi connectivity index (χ1n) is 8.03. The van der Waals surface area contributed by atoms with Crippen LogP contribution in [-0.2, 0) is 16.1 Å². The molecule has 24 heavy (non-hydrogen) atoms. The SMILES string of the molecule is CC/C=C(\C)C(=O)N1CSC[C@H]1C(=O)N(C)Cc1ccccc1O. The van der Waals surface area contributed by atoms with Crippen molar-refractivity contribution in [2.75, 3.05) is 18.7 Å². The minimum absolute atomic E-state index is 0.0730. The zero-order valence-corrected chi connectivity index (χ0v) is 15.2. The van der Waals surface area contributed by atoms with Crippen molar-refractivity contribution in [3.63, 3.8) is 0 Å². The number of para-hydroxylation sites is 1. The number of phenolic OH excluding ortho intramolecular Hbond substituents is 1. The molecular formula is C18H24N2O3S. The number of benzene rings is 1. The van der Waals surface area contributed by atoms with Crippen LogP contribution in [0, 0.1) is 0 Å². The highest BCUT2D eigenvalue weighted by molar-refractivity contribution is 7.99. The van der Waals surface area contributed by atoms with Gasteiger partial charge in [-0.3, -0.25) is 9.59 Å². The Morgan fingerprint density at radius 2 is 2.12 bits per heavy atom. The Labute approximate surface area is 147 Å². The van der Waals surface area contributed by atoms with E-state index in [-0.39, 0.29) is 17.6 Å². The Hall–Kier alpha value is -1.95. The normalized spacial score (nSPS) is 17.9. The summed E-state index contributed by atoms with van der Waals surface area (Å²) in [4.78, 5) is 28.5. The number of nitrogens with zero attached hydrogens (tertiary/aromatic N) is 2. The summed E-state index contributed by atoms with van der Waals surface area (Å²) in [6.07, 6.45) is 2.68. The van der Waals surface area contributed by atoms with Crippen LogP contribution in [0.5, 0.6) is 5.75 Å². The Morgan fingerprint density at radius 3 is 2.79 bits per heavy atom. The van der Waals surface area contributed by atoms with Crippen LogP contribution in [0.25, 0.3) is 0 Å². The highest BCUT2D eigenvalue weighted by atomic mass is 32.2. The second-order valence-corrected chi connectivity index (χ2v) is 6.91. The molecule has 1 aromatic carbocycles. The Kier molecular flexibility index (Phi) is 6.31. The van der Waals surface area contributed by atoms with Gasteiger partial charge in [0.2, 0.25) is 5.91 Å². The molecule has 1 aliphatic heterocycles. The summed E-state index contributed by atoms with van der Waals surface area (Å²) >= 11 is 1.59. The van der Waals surface area contributed by atoms with Crippen LogP contribution >= 0.6 is 11.8 Å². The van der Waals surface area contributed by atoms with Gasteiger partial charge in [-0.05, 0) is 19.4 Å². The molecule has 0 bridgehead atoms. The van der Waals surface area contributed by atoms with E-state index in [2.05, 4.69) is 0 Å². The molecule has 1 fully saturated rings. The second kappa shape index (κ2) is 8.24. The van der Waals surface area contributed by atoms with Gasteiger partial charge in [0, 0.05) is 30.5 Å². The predicted molar refractivity (Wildman–Crippen MR) is 96.6 cm³/mol. The molecule has 5 nitrogen and oxygen atoms in total. The van der Waals surface area contributed by atoms with Crippen molar-refractivity contribution in [1.82, 2.24) is 9.80 Å². The molecule has 0 saturated carbocycles. The van der Waals surface area contributed by atoms with Gasteiger partial charge in [0.25, 0.3) is 5.91 Å². The molecule has 1 aromatic rings. The quantitative estimate of drug-likeness (QED) is 0.831. The smallest absolute Gasteiger partial charge is 0.250 e. The first-order chi connectivity index (χ1) is 11.5. The zero-order chi connectivity index (χ0) is 17.7. The first kappa shape index (κ1) is 18.4. The summed E-state index contributed by atoms with van der Waals surface area (Å²) in [5, 5.41) is 9.86. The number of hydrogen-bond donors (Lipinski definition) is 1. The molecule has 1 atom stereocenters. The number of rotatable bonds is 5. The van der Waals surface area contributed by atoms with Gasteiger partial charge in [-0.2, -0.15) is 0 Å². The number of hydrogen-bond acceptors (Lipinski definition) is 4. The Morgan fingerprint density at radius 1 is 1.42 bits per heavy atom. The monoisotopic (exact) mass is 348 g/mol. The van der Waals surface area contributed by atoms with Crippen molar-refractivity contribution >= 4 is 23.6 Å². The fourth-order valence-electron chi connectivity index (χ4n) is 2.70. The van der Waals surface area contributed by atoms with Crippen LogP contribution in [-0.4, -0.2) is 51.4 Å². The van der Waals surface area contributed by atoms with E-state index < -0.39 is 6.04 Å². The largest absolute Gasteiger partial charge is 0.508 e. The molecule has 6 heteroatoms. The molecule has 2 rings (SSSR count). The molecule has 1 saturated heterocycles. The number of allylic oxidation sites excluding steroid dienone is 1. The molecule has 1 aliphatic rings. The maximum Gasteiger partial charge on any atom is 0.250 e. The van der Waals surface area contributed by atoms with Crippen LogP contribution in [0.4, 0.5) is 0 Å². The lowest BCUT2D eigenvalue weighted by Gasteiger charge is -2.27. The van der Waals surface area contributed by atoms with Gasteiger partial charge < -0.3 is 14.9 Å². The van der Waals surface area contributed by atoms with Crippen molar-refractivity contribution in [2.45, 2.75) is 32.9 Å². The Balaban J connectivity index is 2.08. The van der Waals surface area contributed by atoms with Crippen LogP contribution in [0.1, 0.15) is 25.8 Å². The third-order valence-electron chi connectivity index (χ3n) is 4.05. The molecule has 0 aromatic heterocycles. The van der Waals surface area contributed by atoms with Crippen LogP contribution < -0.4 is 0 Å². The zero-order valence-electron chi connectivity index (χ0n) is 14.4. The van der Waals surface area contributed by atoms with E-state index in [9.17, 15) is 14.7 Å².